The summed E-state index contributed by atoms with van der Waals surface area (Å²) in [5.74, 6) is -3.78. The Morgan fingerprint density at radius 3 is 2.49 bits per heavy atom. The number of allylic oxidation sites excluding steroid dienone is 1. The number of halogens is 3. The number of amides is 1. The van der Waals surface area contributed by atoms with Gasteiger partial charge in [0, 0.05) is 48.6 Å². The molecule has 1 aromatic heterocycles. The number of aromatic nitrogens is 2. The van der Waals surface area contributed by atoms with E-state index in [-0.39, 0.29) is 23.7 Å². The minimum atomic E-state index is -1.55. The van der Waals surface area contributed by atoms with Gasteiger partial charge in [0.25, 0.3) is 0 Å². The van der Waals surface area contributed by atoms with Gasteiger partial charge in [-0.25, -0.2) is 23.1 Å². The molecule has 3 N–H and O–H groups in total. The zero-order chi connectivity index (χ0) is 26.4. The summed E-state index contributed by atoms with van der Waals surface area (Å²) >= 11 is 0. The molecule has 11 heteroatoms. The maximum Gasteiger partial charge on any atom is 0.221 e. The molecule has 1 atom stereocenters. The van der Waals surface area contributed by atoms with Crippen molar-refractivity contribution in [3.8, 4) is 11.4 Å². The van der Waals surface area contributed by atoms with Crippen LogP contribution in [0.1, 0.15) is 23.1 Å². The number of rotatable bonds is 9. The normalized spacial score (nSPS) is 15.0. The molecule has 0 bridgehead atoms. The SMILES string of the molecule is CNCCC(=O)NCc1cnc(-c2cccc(CN3N=C(c4cc(F)c(F)c(F)c4)C=CC3O)c2)nc1. The molecule has 0 spiro atoms. The van der Waals surface area contributed by atoms with E-state index < -0.39 is 23.7 Å². The third-order valence-corrected chi connectivity index (χ3v) is 5.57. The van der Waals surface area contributed by atoms with E-state index in [9.17, 15) is 23.1 Å². The third-order valence-electron chi connectivity index (χ3n) is 5.57. The molecule has 1 amide bonds. The van der Waals surface area contributed by atoms with Gasteiger partial charge in [-0.3, -0.25) is 9.80 Å². The van der Waals surface area contributed by atoms with Crippen molar-refractivity contribution in [1.82, 2.24) is 25.6 Å². The Morgan fingerprint density at radius 1 is 1.05 bits per heavy atom. The molecule has 8 nitrogen and oxygen atoms in total. The van der Waals surface area contributed by atoms with Crippen LogP contribution in [0.25, 0.3) is 11.4 Å². The minimum Gasteiger partial charge on any atom is -0.369 e. The first-order valence-electron chi connectivity index (χ1n) is 11.5. The summed E-state index contributed by atoms with van der Waals surface area (Å²) in [6, 6.07) is 9.02. The van der Waals surface area contributed by atoms with E-state index >= 15 is 0 Å². The first-order valence-corrected chi connectivity index (χ1v) is 11.5. The molecule has 0 saturated heterocycles. The summed E-state index contributed by atoms with van der Waals surface area (Å²) in [6.07, 6.45) is 5.44. The lowest BCUT2D eigenvalue weighted by Crippen LogP contribution is -2.32. The van der Waals surface area contributed by atoms with Crippen LogP contribution in [0.2, 0.25) is 0 Å². The summed E-state index contributed by atoms with van der Waals surface area (Å²) in [5.41, 5.74) is 2.49. The molecule has 2 aromatic carbocycles. The van der Waals surface area contributed by atoms with Crippen LogP contribution in [0.4, 0.5) is 13.2 Å². The average Bonchev–Trinajstić information content (AvgIpc) is 2.90. The highest BCUT2D eigenvalue weighted by Crippen LogP contribution is 2.21. The van der Waals surface area contributed by atoms with Crippen molar-refractivity contribution in [3.63, 3.8) is 0 Å². The number of hydrazone groups is 1. The average molecular weight is 511 g/mol. The number of aliphatic hydroxyl groups excluding tert-OH is 1. The fourth-order valence-corrected chi connectivity index (χ4v) is 3.61. The Balaban J connectivity index is 1.45. The molecule has 192 valence electrons. The third kappa shape index (κ3) is 6.57. The van der Waals surface area contributed by atoms with Crippen LogP contribution in [-0.4, -0.2) is 51.5 Å². The van der Waals surface area contributed by atoms with Crippen LogP contribution in [0, 0.1) is 17.5 Å². The molecule has 3 aromatic rings. The highest BCUT2D eigenvalue weighted by atomic mass is 19.2. The van der Waals surface area contributed by atoms with Crippen molar-refractivity contribution in [2.75, 3.05) is 13.6 Å². The standard InChI is InChI=1S/C26H25F3N6O2/c1-30-8-7-23(36)31-12-17-13-32-26(33-14-17)18-4-2-3-16(9-18)15-35-24(37)6-5-22(34-35)19-10-20(27)25(29)21(28)11-19/h2-6,9-11,13-14,24,30,37H,7-8,12,15H2,1H3,(H,31,36). The van der Waals surface area contributed by atoms with Crippen molar-refractivity contribution < 1.29 is 23.1 Å². The van der Waals surface area contributed by atoms with Crippen LogP contribution >= 0.6 is 0 Å². The van der Waals surface area contributed by atoms with Gasteiger partial charge in [-0.2, -0.15) is 5.10 Å². The predicted octanol–water partition coefficient (Wildman–Crippen LogP) is 2.88. The van der Waals surface area contributed by atoms with E-state index in [4.69, 9.17) is 0 Å². The molecule has 1 unspecified atom stereocenters. The summed E-state index contributed by atoms with van der Waals surface area (Å²) in [7, 11) is 1.78. The maximum absolute atomic E-state index is 13.7. The van der Waals surface area contributed by atoms with Gasteiger partial charge in [0.05, 0.1) is 12.3 Å². The number of nitrogens with one attached hydrogen (secondary N) is 2. The molecule has 1 aliphatic heterocycles. The molecule has 0 aliphatic carbocycles. The van der Waals surface area contributed by atoms with E-state index in [1.54, 1.807) is 19.4 Å². The minimum absolute atomic E-state index is 0.0463. The lowest BCUT2D eigenvalue weighted by molar-refractivity contribution is -0.121. The first kappa shape index (κ1) is 26.0. The molecular formula is C26H25F3N6O2. The number of carbonyl (C=O) groups is 1. The number of hydrogen-bond donors (Lipinski definition) is 3. The van der Waals surface area contributed by atoms with Gasteiger partial charge >= 0.3 is 0 Å². The van der Waals surface area contributed by atoms with Gasteiger partial charge < -0.3 is 15.7 Å². The van der Waals surface area contributed by atoms with Gasteiger partial charge in [-0.1, -0.05) is 18.2 Å². The summed E-state index contributed by atoms with van der Waals surface area (Å²) < 4.78 is 40.7. The Morgan fingerprint density at radius 2 is 1.78 bits per heavy atom. The maximum atomic E-state index is 13.7. The number of carbonyl (C=O) groups excluding carboxylic acids is 1. The molecular weight excluding hydrogens is 485 g/mol. The first-order chi connectivity index (χ1) is 17.8. The lowest BCUT2D eigenvalue weighted by Gasteiger charge is -2.27. The Hall–Kier alpha value is -4.09. The molecule has 0 radical (unpaired) electrons. The largest absolute Gasteiger partial charge is 0.369 e. The second kappa shape index (κ2) is 11.8. The predicted molar refractivity (Wildman–Crippen MR) is 131 cm³/mol. The molecule has 1 aliphatic rings. The lowest BCUT2D eigenvalue weighted by atomic mass is 10.1. The number of nitrogens with zero attached hydrogens (tertiary/aromatic N) is 4. The highest BCUT2D eigenvalue weighted by Gasteiger charge is 2.20. The monoisotopic (exact) mass is 510 g/mol. The van der Waals surface area contributed by atoms with Gasteiger partial charge in [-0.05, 0) is 43.0 Å². The Kier molecular flexibility index (Phi) is 8.26. The van der Waals surface area contributed by atoms with Gasteiger partial charge in [0.1, 0.15) is 0 Å². The van der Waals surface area contributed by atoms with E-state index in [2.05, 4.69) is 25.7 Å². The Bertz CT molecular complexity index is 1310. The molecule has 0 saturated carbocycles. The van der Waals surface area contributed by atoms with Crippen molar-refractivity contribution in [3.05, 3.63) is 95.1 Å². The summed E-state index contributed by atoms with van der Waals surface area (Å²) in [6.45, 7) is 1.09. The van der Waals surface area contributed by atoms with Crippen molar-refractivity contribution >= 4 is 11.6 Å². The van der Waals surface area contributed by atoms with Crippen LogP contribution < -0.4 is 10.6 Å². The van der Waals surface area contributed by atoms with Gasteiger partial charge in [-0.15, -0.1) is 0 Å². The van der Waals surface area contributed by atoms with E-state index in [0.29, 0.717) is 25.3 Å². The number of benzene rings is 2. The van der Waals surface area contributed by atoms with Gasteiger partial charge in [0.15, 0.2) is 29.5 Å². The van der Waals surface area contributed by atoms with Crippen LogP contribution in [0.5, 0.6) is 0 Å². The van der Waals surface area contributed by atoms with Crippen molar-refractivity contribution in [1.29, 1.82) is 0 Å². The number of hydrogen-bond acceptors (Lipinski definition) is 7. The van der Waals surface area contributed by atoms with Crippen molar-refractivity contribution in [2.24, 2.45) is 5.10 Å². The molecule has 4 rings (SSSR count). The van der Waals surface area contributed by atoms with Crippen LogP contribution in [0.3, 0.4) is 0 Å². The van der Waals surface area contributed by atoms with E-state index in [1.165, 1.54) is 17.2 Å². The molecule has 37 heavy (non-hydrogen) atoms. The van der Waals surface area contributed by atoms with Crippen LogP contribution in [-0.2, 0) is 17.9 Å². The quantitative estimate of drug-likeness (QED) is 0.383. The second-order valence-electron chi connectivity index (χ2n) is 8.36. The fourth-order valence-electron chi connectivity index (χ4n) is 3.61. The summed E-state index contributed by atoms with van der Waals surface area (Å²) in [5, 5.41) is 21.7. The smallest absolute Gasteiger partial charge is 0.221 e. The zero-order valence-corrected chi connectivity index (χ0v) is 20.0. The molecule has 2 heterocycles. The number of aliphatic hydroxyl groups is 1. The van der Waals surface area contributed by atoms with E-state index in [1.807, 2.05) is 24.3 Å². The van der Waals surface area contributed by atoms with Crippen LogP contribution in [0.15, 0.2) is 66.0 Å². The van der Waals surface area contributed by atoms with Gasteiger partial charge in [0.2, 0.25) is 5.91 Å². The van der Waals surface area contributed by atoms with E-state index in [0.717, 1.165) is 28.8 Å². The fraction of sp³-hybridized carbons (Fsp3) is 0.231. The Labute approximate surface area is 211 Å². The molecule has 0 fully saturated rings. The van der Waals surface area contributed by atoms with Crippen molar-refractivity contribution in [2.45, 2.75) is 25.7 Å². The summed E-state index contributed by atoms with van der Waals surface area (Å²) in [4.78, 5) is 20.5. The zero-order valence-electron chi connectivity index (χ0n) is 20.0. The second-order valence-corrected chi connectivity index (χ2v) is 8.36. The highest BCUT2D eigenvalue weighted by molar-refractivity contribution is 6.08. The topological polar surface area (TPSA) is 103 Å².